The molecule has 0 saturated carbocycles. The summed E-state index contributed by atoms with van der Waals surface area (Å²) < 4.78 is 53.7. The van der Waals surface area contributed by atoms with Crippen molar-refractivity contribution >= 4 is 55.0 Å². The summed E-state index contributed by atoms with van der Waals surface area (Å²) in [6.45, 7) is -0.714. The summed E-state index contributed by atoms with van der Waals surface area (Å²) >= 11 is 7.92. The van der Waals surface area contributed by atoms with E-state index in [1.54, 1.807) is 23.7 Å². The number of benzene rings is 2. The number of alkyl halides is 2. The number of thiazole rings is 1. The van der Waals surface area contributed by atoms with E-state index in [9.17, 15) is 8.78 Å². The largest absolute Gasteiger partial charge is 0.455 e. The number of nitrogens with two attached hydrogens (primary N) is 1. The van der Waals surface area contributed by atoms with Gasteiger partial charge in [0, 0.05) is 36.7 Å². The number of para-hydroxylation sites is 1. The van der Waals surface area contributed by atoms with Gasteiger partial charge in [0.2, 0.25) is 0 Å². The van der Waals surface area contributed by atoms with Crippen molar-refractivity contribution in [3.63, 3.8) is 0 Å². The second-order valence-electron chi connectivity index (χ2n) is 9.08. The van der Waals surface area contributed by atoms with Gasteiger partial charge in [-0.2, -0.15) is 9.97 Å². The quantitative estimate of drug-likeness (QED) is 0.320. The van der Waals surface area contributed by atoms with Crippen molar-refractivity contribution < 1.29 is 17.9 Å². The lowest BCUT2D eigenvalue weighted by molar-refractivity contribution is 0.0156. The van der Waals surface area contributed by atoms with Gasteiger partial charge >= 0.3 is 6.01 Å². The minimum Gasteiger partial charge on any atom is -0.455 e. The van der Waals surface area contributed by atoms with Gasteiger partial charge in [-0.05, 0) is 12.1 Å². The third kappa shape index (κ3) is 4.79. The molecule has 6 rings (SSSR count). The number of hydrogen-bond donors (Lipinski definition) is 2. The molecular formula is C24H21ClF3N9OS. The summed E-state index contributed by atoms with van der Waals surface area (Å²) in [6.07, 6.45) is 1.50. The number of nitrogens with zero attached hydrogens (tertiary/aromatic N) is 7. The highest BCUT2D eigenvalue weighted by Crippen LogP contribution is 2.42. The lowest BCUT2D eigenvalue weighted by atomic mass is 10.0. The fraction of sp³-hybridized carbons (Fsp3) is 0.292. The molecule has 0 amide bonds. The molecule has 0 aliphatic carbocycles. The smallest absolute Gasteiger partial charge is 0.319 e. The molecule has 5 aromatic rings. The molecule has 0 spiro atoms. The SMILES string of the molecule is Cn1cnnc1COc1nc(N2CCNCC(F)(F)C2)c2cc(Cl)c(-c3cccc4sc(N)nc34)c(F)c2n1. The second kappa shape index (κ2) is 9.77. The number of aryl methyl sites for hydroxylation is 1. The maximum atomic E-state index is 16.4. The Labute approximate surface area is 228 Å². The lowest BCUT2D eigenvalue weighted by Crippen LogP contribution is -2.39. The summed E-state index contributed by atoms with van der Waals surface area (Å²) in [7, 11) is 1.73. The molecule has 0 bridgehead atoms. The number of nitrogen functional groups attached to an aromatic ring is 1. The van der Waals surface area contributed by atoms with Gasteiger partial charge in [0.25, 0.3) is 5.92 Å². The Kier molecular flexibility index (Phi) is 6.40. The van der Waals surface area contributed by atoms with Crippen molar-refractivity contribution in [2.24, 2.45) is 7.05 Å². The number of halogens is 4. The molecule has 1 aliphatic heterocycles. The van der Waals surface area contributed by atoms with Crippen LogP contribution in [0.5, 0.6) is 6.01 Å². The third-order valence-corrected chi connectivity index (χ3v) is 7.49. The van der Waals surface area contributed by atoms with Crippen LogP contribution in [-0.2, 0) is 13.7 Å². The number of ether oxygens (including phenoxy) is 1. The number of hydrogen-bond acceptors (Lipinski definition) is 10. The molecule has 39 heavy (non-hydrogen) atoms. The summed E-state index contributed by atoms with van der Waals surface area (Å²) in [6, 6.07) is 6.55. The van der Waals surface area contributed by atoms with E-state index in [1.807, 2.05) is 6.07 Å². The number of fused-ring (bicyclic) bond motifs is 2. The Bertz CT molecular complexity index is 1710. The first-order valence-electron chi connectivity index (χ1n) is 11.8. The highest BCUT2D eigenvalue weighted by molar-refractivity contribution is 7.22. The van der Waals surface area contributed by atoms with E-state index >= 15 is 4.39 Å². The number of aromatic nitrogens is 6. The van der Waals surface area contributed by atoms with Crippen LogP contribution in [0, 0.1) is 5.82 Å². The zero-order chi connectivity index (χ0) is 27.3. The molecule has 0 unspecified atom stereocenters. The average Bonchev–Trinajstić information content (AvgIpc) is 3.43. The van der Waals surface area contributed by atoms with Gasteiger partial charge in [-0.3, -0.25) is 0 Å². The van der Waals surface area contributed by atoms with Gasteiger partial charge in [-0.1, -0.05) is 35.1 Å². The van der Waals surface area contributed by atoms with Crippen LogP contribution in [0.4, 0.5) is 24.1 Å². The van der Waals surface area contributed by atoms with Crippen molar-refractivity contribution in [3.05, 3.63) is 47.3 Å². The summed E-state index contributed by atoms with van der Waals surface area (Å²) in [4.78, 5) is 14.5. The van der Waals surface area contributed by atoms with E-state index in [4.69, 9.17) is 22.1 Å². The number of nitrogens with one attached hydrogen (secondary N) is 1. The van der Waals surface area contributed by atoms with Crippen LogP contribution in [0.2, 0.25) is 5.02 Å². The van der Waals surface area contributed by atoms with Crippen molar-refractivity contribution in [2.75, 3.05) is 36.8 Å². The zero-order valence-electron chi connectivity index (χ0n) is 20.5. The van der Waals surface area contributed by atoms with E-state index in [1.165, 1.54) is 28.6 Å². The van der Waals surface area contributed by atoms with Crippen molar-refractivity contribution in [3.8, 4) is 17.1 Å². The molecule has 2 aromatic carbocycles. The first kappa shape index (κ1) is 25.5. The molecule has 3 aromatic heterocycles. The second-order valence-corrected chi connectivity index (χ2v) is 10.5. The van der Waals surface area contributed by atoms with Crippen LogP contribution in [0.25, 0.3) is 32.2 Å². The van der Waals surface area contributed by atoms with Gasteiger partial charge < -0.3 is 25.3 Å². The number of rotatable bonds is 5. The summed E-state index contributed by atoms with van der Waals surface area (Å²) in [5, 5.41) is 11.0. The molecule has 10 nitrogen and oxygen atoms in total. The molecule has 1 aliphatic rings. The fourth-order valence-electron chi connectivity index (χ4n) is 4.53. The molecule has 1 fully saturated rings. The zero-order valence-corrected chi connectivity index (χ0v) is 22.0. The molecule has 0 radical (unpaired) electrons. The minimum atomic E-state index is -3.05. The molecule has 1 saturated heterocycles. The molecule has 4 heterocycles. The van der Waals surface area contributed by atoms with Crippen LogP contribution in [0.15, 0.2) is 30.6 Å². The lowest BCUT2D eigenvalue weighted by Gasteiger charge is -2.26. The molecule has 0 atom stereocenters. The van der Waals surface area contributed by atoms with E-state index in [0.29, 0.717) is 22.0 Å². The Morgan fingerprint density at radius 2 is 2.08 bits per heavy atom. The predicted octanol–water partition coefficient (Wildman–Crippen LogP) is 4.03. The van der Waals surface area contributed by atoms with Crippen LogP contribution < -0.4 is 20.7 Å². The Balaban J connectivity index is 1.54. The molecule has 202 valence electrons. The molecule has 3 N–H and O–H groups in total. The summed E-state index contributed by atoms with van der Waals surface area (Å²) in [5.74, 6) is -3.25. The Morgan fingerprint density at radius 1 is 1.23 bits per heavy atom. The van der Waals surface area contributed by atoms with E-state index in [0.717, 1.165) is 4.70 Å². The fourth-order valence-corrected chi connectivity index (χ4v) is 5.58. The Morgan fingerprint density at radius 3 is 2.87 bits per heavy atom. The monoisotopic (exact) mass is 575 g/mol. The standard InChI is InChI=1S/C24H21ClF3N9OS/c1-36-11-31-35-16(36)8-38-23-33-20-13(21(34-23)37-6-5-30-9-24(27,28)10-37)7-14(25)17(18(20)26)12-3-2-4-15-19(12)32-22(29)39-15/h2-4,7,11,30H,5-6,8-10H2,1H3,(H2,29,32). The highest BCUT2D eigenvalue weighted by atomic mass is 35.5. The van der Waals surface area contributed by atoms with Gasteiger partial charge in [0.15, 0.2) is 23.4 Å². The molecular weight excluding hydrogens is 555 g/mol. The van der Waals surface area contributed by atoms with E-state index < -0.39 is 24.8 Å². The van der Waals surface area contributed by atoms with Gasteiger partial charge in [0.05, 0.1) is 28.3 Å². The first-order valence-corrected chi connectivity index (χ1v) is 13.0. The van der Waals surface area contributed by atoms with E-state index in [-0.39, 0.29) is 53.0 Å². The molecule has 15 heteroatoms. The predicted molar refractivity (Wildman–Crippen MR) is 143 cm³/mol. The van der Waals surface area contributed by atoms with Crippen LogP contribution >= 0.6 is 22.9 Å². The minimum absolute atomic E-state index is 0.0522. The van der Waals surface area contributed by atoms with Crippen LogP contribution in [-0.4, -0.2) is 61.8 Å². The Hall–Kier alpha value is -3.75. The van der Waals surface area contributed by atoms with Gasteiger partial charge in [0.1, 0.15) is 17.7 Å². The van der Waals surface area contributed by atoms with Gasteiger partial charge in [-0.15, -0.1) is 10.2 Å². The summed E-state index contributed by atoms with van der Waals surface area (Å²) in [5.41, 5.74) is 6.76. The normalized spacial score (nSPS) is 15.7. The number of anilines is 2. The van der Waals surface area contributed by atoms with Crippen LogP contribution in [0.3, 0.4) is 0 Å². The van der Waals surface area contributed by atoms with Gasteiger partial charge in [-0.25, -0.2) is 18.2 Å². The van der Waals surface area contributed by atoms with Crippen molar-refractivity contribution in [1.82, 2.24) is 35.0 Å². The van der Waals surface area contributed by atoms with Crippen molar-refractivity contribution in [2.45, 2.75) is 12.5 Å². The average molecular weight is 576 g/mol. The third-order valence-electron chi connectivity index (χ3n) is 6.35. The van der Waals surface area contributed by atoms with E-state index in [2.05, 4.69) is 30.5 Å². The maximum Gasteiger partial charge on any atom is 0.319 e. The topological polar surface area (TPSA) is 120 Å². The van der Waals surface area contributed by atoms with Crippen LogP contribution in [0.1, 0.15) is 5.82 Å². The van der Waals surface area contributed by atoms with Crippen molar-refractivity contribution in [1.29, 1.82) is 0 Å². The maximum absolute atomic E-state index is 16.4. The first-order chi connectivity index (χ1) is 18.7. The highest BCUT2D eigenvalue weighted by Gasteiger charge is 2.35.